The van der Waals surface area contributed by atoms with Gasteiger partial charge in [-0.2, -0.15) is 0 Å². The largest absolute Gasteiger partial charge is 0.467 e. The molecule has 0 aromatic carbocycles. The predicted molar refractivity (Wildman–Crippen MR) is 86.4 cm³/mol. The average Bonchev–Trinajstić information content (AvgIpc) is 3.06. The smallest absolute Gasteiger partial charge is 0.282 e. The van der Waals surface area contributed by atoms with Gasteiger partial charge in [-0.3, -0.25) is 14.5 Å². The molecule has 1 aliphatic heterocycles. The Morgan fingerprint density at radius 3 is 2.83 bits per heavy atom. The molecule has 2 amide bonds. The highest BCUT2D eigenvalue weighted by atomic mass is 16.5. The third-order valence-corrected chi connectivity index (χ3v) is 3.87. The van der Waals surface area contributed by atoms with E-state index in [1.165, 1.54) is 18.1 Å². The minimum absolute atomic E-state index is 0.160. The number of pyridine rings is 1. The van der Waals surface area contributed by atoms with Crippen molar-refractivity contribution in [1.82, 2.24) is 10.3 Å². The number of rotatable bonds is 4. The highest BCUT2D eigenvalue weighted by Crippen LogP contribution is 2.37. The molecule has 24 heavy (non-hydrogen) atoms. The van der Waals surface area contributed by atoms with Gasteiger partial charge >= 0.3 is 0 Å². The molecule has 0 radical (unpaired) electrons. The Morgan fingerprint density at radius 1 is 1.38 bits per heavy atom. The van der Waals surface area contributed by atoms with E-state index in [2.05, 4.69) is 10.3 Å². The fourth-order valence-corrected chi connectivity index (χ4v) is 2.60. The van der Waals surface area contributed by atoms with Gasteiger partial charge in [0.2, 0.25) is 0 Å². The van der Waals surface area contributed by atoms with Crippen LogP contribution in [0.3, 0.4) is 0 Å². The third kappa shape index (κ3) is 2.62. The van der Waals surface area contributed by atoms with E-state index in [9.17, 15) is 9.59 Å². The Labute approximate surface area is 139 Å². The first-order valence-electron chi connectivity index (χ1n) is 7.72. The van der Waals surface area contributed by atoms with Crippen molar-refractivity contribution < 1.29 is 18.7 Å². The molecule has 0 spiro atoms. The molecule has 0 aliphatic carbocycles. The highest BCUT2D eigenvalue weighted by molar-refractivity contribution is 6.16. The number of furan rings is 1. The number of hydrogen-bond donors (Lipinski definition) is 1. The quantitative estimate of drug-likeness (QED) is 0.866. The number of anilines is 1. The maximum Gasteiger partial charge on any atom is 0.282 e. The fourth-order valence-electron chi connectivity index (χ4n) is 2.60. The van der Waals surface area contributed by atoms with Gasteiger partial charge in [-0.05, 0) is 45.0 Å². The van der Waals surface area contributed by atoms with Crippen LogP contribution in [0.5, 0.6) is 5.75 Å². The van der Waals surface area contributed by atoms with Gasteiger partial charge in [0.15, 0.2) is 11.6 Å². The van der Waals surface area contributed by atoms with Crippen LogP contribution in [0.4, 0.5) is 5.82 Å². The van der Waals surface area contributed by atoms with Crippen molar-refractivity contribution in [3.63, 3.8) is 0 Å². The zero-order chi connectivity index (χ0) is 17.3. The van der Waals surface area contributed by atoms with Crippen LogP contribution >= 0.6 is 0 Å². The molecule has 0 bridgehead atoms. The summed E-state index contributed by atoms with van der Waals surface area (Å²) >= 11 is 0. The third-order valence-electron chi connectivity index (χ3n) is 3.87. The van der Waals surface area contributed by atoms with E-state index >= 15 is 0 Å². The van der Waals surface area contributed by atoms with Crippen molar-refractivity contribution in [3.05, 3.63) is 42.5 Å². The standard InChI is InChI=1S/C17H19N3O4/c1-11(2)20-14-13(7-4-8-18-14)24-17(3,16(20)22)15(21)19-10-12-6-5-9-23-12/h4-9,11H,10H2,1-3H3,(H,19,21). The van der Waals surface area contributed by atoms with Crippen LogP contribution in [-0.4, -0.2) is 28.4 Å². The van der Waals surface area contributed by atoms with E-state index in [-0.39, 0.29) is 12.6 Å². The maximum absolute atomic E-state index is 12.9. The van der Waals surface area contributed by atoms with E-state index in [0.717, 1.165) is 0 Å². The summed E-state index contributed by atoms with van der Waals surface area (Å²) in [7, 11) is 0. The van der Waals surface area contributed by atoms with Gasteiger partial charge < -0.3 is 14.5 Å². The lowest BCUT2D eigenvalue weighted by Crippen LogP contribution is -2.63. The van der Waals surface area contributed by atoms with Gasteiger partial charge in [-0.1, -0.05) is 0 Å². The molecule has 1 atom stereocenters. The van der Waals surface area contributed by atoms with Gasteiger partial charge in [-0.25, -0.2) is 4.98 Å². The lowest BCUT2D eigenvalue weighted by Gasteiger charge is -2.40. The molecule has 3 rings (SSSR count). The molecule has 2 aromatic rings. The number of nitrogens with zero attached hydrogens (tertiary/aromatic N) is 2. The Balaban J connectivity index is 1.89. The van der Waals surface area contributed by atoms with Gasteiger partial charge in [-0.15, -0.1) is 0 Å². The van der Waals surface area contributed by atoms with Crippen LogP contribution in [-0.2, 0) is 16.1 Å². The SMILES string of the molecule is CC(C)N1C(=O)C(C)(C(=O)NCc2ccco2)Oc2cccnc21. The van der Waals surface area contributed by atoms with Crippen LogP contribution < -0.4 is 15.0 Å². The van der Waals surface area contributed by atoms with E-state index in [1.54, 1.807) is 30.5 Å². The first-order valence-corrected chi connectivity index (χ1v) is 7.72. The Hall–Kier alpha value is -2.83. The normalized spacial score (nSPS) is 19.8. The van der Waals surface area contributed by atoms with Crippen molar-refractivity contribution in [1.29, 1.82) is 0 Å². The van der Waals surface area contributed by atoms with Crippen molar-refractivity contribution in [3.8, 4) is 5.75 Å². The van der Waals surface area contributed by atoms with Gasteiger partial charge in [0, 0.05) is 12.2 Å². The minimum atomic E-state index is -1.66. The van der Waals surface area contributed by atoms with Crippen LogP contribution in [0.2, 0.25) is 0 Å². The van der Waals surface area contributed by atoms with Crippen molar-refractivity contribution in [2.45, 2.75) is 39.0 Å². The minimum Gasteiger partial charge on any atom is -0.467 e. The summed E-state index contributed by atoms with van der Waals surface area (Å²) in [6.45, 7) is 5.38. The molecule has 1 N–H and O–H groups in total. The molecule has 7 heteroatoms. The van der Waals surface area contributed by atoms with Crippen molar-refractivity contribution in [2.24, 2.45) is 0 Å². The molecule has 0 saturated carbocycles. The zero-order valence-corrected chi connectivity index (χ0v) is 13.8. The molecule has 1 unspecified atom stereocenters. The zero-order valence-electron chi connectivity index (χ0n) is 13.8. The molecule has 2 aromatic heterocycles. The van der Waals surface area contributed by atoms with Gasteiger partial charge in [0.25, 0.3) is 17.4 Å². The summed E-state index contributed by atoms with van der Waals surface area (Å²) in [4.78, 5) is 31.3. The fraction of sp³-hybridized carbons (Fsp3) is 0.353. The lowest BCUT2D eigenvalue weighted by molar-refractivity contribution is -0.148. The molecular formula is C17H19N3O4. The average molecular weight is 329 g/mol. The number of ether oxygens (including phenoxy) is 1. The second-order valence-electron chi connectivity index (χ2n) is 5.99. The number of aromatic nitrogens is 1. The van der Waals surface area contributed by atoms with E-state index in [1.807, 2.05) is 13.8 Å². The number of nitrogens with one attached hydrogen (secondary N) is 1. The number of amides is 2. The van der Waals surface area contributed by atoms with E-state index in [4.69, 9.17) is 9.15 Å². The predicted octanol–water partition coefficient (Wildman–Crippen LogP) is 1.88. The summed E-state index contributed by atoms with van der Waals surface area (Å²) in [5.41, 5.74) is -1.66. The topological polar surface area (TPSA) is 84.7 Å². The first-order chi connectivity index (χ1) is 11.4. The van der Waals surface area contributed by atoms with Crippen LogP contribution in [0.1, 0.15) is 26.5 Å². The summed E-state index contributed by atoms with van der Waals surface area (Å²) in [6.07, 6.45) is 3.11. The summed E-state index contributed by atoms with van der Waals surface area (Å²) < 4.78 is 10.9. The highest BCUT2D eigenvalue weighted by Gasteiger charge is 2.51. The van der Waals surface area contributed by atoms with Crippen molar-refractivity contribution >= 4 is 17.6 Å². The first kappa shape index (κ1) is 16.0. The monoisotopic (exact) mass is 329 g/mol. The molecule has 126 valence electrons. The molecule has 0 saturated heterocycles. The van der Waals surface area contributed by atoms with Crippen molar-refractivity contribution in [2.75, 3.05) is 4.90 Å². The molecular weight excluding hydrogens is 310 g/mol. The second-order valence-corrected chi connectivity index (χ2v) is 5.99. The van der Waals surface area contributed by atoms with Gasteiger partial charge in [0.1, 0.15) is 5.76 Å². The number of carbonyl (C=O) groups excluding carboxylic acids is 2. The van der Waals surface area contributed by atoms with Gasteiger partial charge in [0.05, 0.1) is 12.8 Å². The van der Waals surface area contributed by atoms with Crippen LogP contribution in [0.15, 0.2) is 41.1 Å². The Bertz CT molecular complexity index is 757. The Kier molecular flexibility index (Phi) is 4.01. The number of carbonyl (C=O) groups is 2. The molecule has 3 heterocycles. The molecule has 7 nitrogen and oxygen atoms in total. The lowest BCUT2D eigenvalue weighted by atomic mass is 10.00. The van der Waals surface area contributed by atoms with E-state index < -0.39 is 17.4 Å². The summed E-state index contributed by atoms with van der Waals surface area (Å²) in [5.74, 6) is 0.456. The number of hydrogen-bond acceptors (Lipinski definition) is 5. The van der Waals surface area contributed by atoms with Crippen LogP contribution in [0, 0.1) is 0 Å². The van der Waals surface area contributed by atoms with E-state index in [0.29, 0.717) is 17.3 Å². The summed E-state index contributed by atoms with van der Waals surface area (Å²) in [6, 6.07) is 6.71. The molecule has 0 fully saturated rings. The van der Waals surface area contributed by atoms with Crippen LogP contribution in [0.25, 0.3) is 0 Å². The maximum atomic E-state index is 12.9. The summed E-state index contributed by atoms with van der Waals surface area (Å²) in [5, 5.41) is 2.69. The Morgan fingerprint density at radius 2 is 2.17 bits per heavy atom. The molecule has 1 aliphatic rings. The second kappa shape index (κ2) is 5.99. The number of fused-ring (bicyclic) bond motifs is 1.